The van der Waals surface area contributed by atoms with Gasteiger partial charge in [0.2, 0.25) is 0 Å². The van der Waals surface area contributed by atoms with Crippen LogP contribution in [0.2, 0.25) is 0 Å². The molecule has 2 amide bonds. The minimum atomic E-state index is -0.308. The summed E-state index contributed by atoms with van der Waals surface area (Å²) in [6.45, 7) is 5.56. The third-order valence-electron chi connectivity index (χ3n) is 5.91. The number of carbonyl (C=O) groups excluding carboxylic acids is 1. The van der Waals surface area contributed by atoms with Crippen molar-refractivity contribution in [2.45, 2.75) is 38.4 Å². The van der Waals surface area contributed by atoms with E-state index in [1.807, 2.05) is 6.07 Å². The van der Waals surface area contributed by atoms with Gasteiger partial charge in [-0.25, -0.2) is 9.18 Å². The highest BCUT2D eigenvalue weighted by Gasteiger charge is 2.38. The van der Waals surface area contributed by atoms with Gasteiger partial charge in [-0.05, 0) is 43.0 Å². The van der Waals surface area contributed by atoms with Gasteiger partial charge in [0.25, 0.3) is 0 Å². The molecule has 6 heteroatoms. The van der Waals surface area contributed by atoms with Gasteiger partial charge in [-0.3, -0.25) is 4.90 Å². The van der Waals surface area contributed by atoms with Crippen LogP contribution in [0.25, 0.3) is 0 Å². The highest BCUT2D eigenvalue weighted by atomic mass is 19.1. The average molecular weight is 397 g/mol. The van der Waals surface area contributed by atoms with Crippen LogP contribution in [0.4, 0.5) is 14.9 Å². The molecule has 29 heavy (non-hydrogen) atoms. The van der Waals surface area contributed by atoms with Crippen LogP contribution in [0.1, 0.15) is 24.0 Å². The van der Waals surface area contributed by atoms with Gasteiger partial charge in [0.15, 0.2) is 0 Å². The number of aryl methyl sites for hydroxylation is 1. The quantitative estimate of drug-likeness (QED) is 0.829. The lowest BCUT2D eigenvalue weighted by Crippen LogP contribution is -2.64. The fourth-order valence-corrected chi connectivity index (χ4v) is 4.07. The van der Waals surface area contributed by atoms with Crippen LogP contribution in [-0.2, 0) is 11.3 Å². The highest BCUT2D eigenvalue weighted by molar-refractivity contribution is 5.90. The van der Waals surface area contributed by atoms with Crippen molar-refractivity contribution in [3.63, 3.8) is 0 Å². The van der Waals surface area contributed by atoms with E-state index in [1.165, 1.54) is 11.6 Å². The molecule has 2 aliphatic heterocycles. The van der Waals surface area contributed by atoms with E-state index in [2.05, 4.69) is 34.5 Å². The maximum absolute atomic E-state index is 13.7. The van der Waals surface area contributed by atoms with Crippen molar-refractivity contribution < 1.29 is 13.9 Å². The van der Waals surface area contributed by atoms with Crippen molar-refractivity contribution in [3.8, 4) is 0 Å². The second-order valence-electron chi connectivity index (χ2n) is 7.95. The summed E-state index contributed by atoms with van der Waals surface area (Å²) in [6.07, 6.45) is 2.05. The van der Waals surface area contributed by atoms with Gasteiger partial charge < -0.3 is 15.0 Å². The summed E-state index contributed by atoms with van der Waals surface area (Å²) in [5.41, 5.74) is 2.35. The molecule has 154 valence electrons. The molecule has 0 aromatic heterocycles. The van der Waals surface area contributed by atoms with E-state index >= 15 is 0 Å². The Labute approximate surface area is 171 Å². The number of urea groups is 1. The first-order valence-electron chi connectivity index (χ1n) is 10.3. The molecule has 0 spiro atoms. The minimum Gasteiger partial charge on any atom is -0.381 e. The molecule has 0 atom stereocenters. The first kappa shape index (κ1) is 19.9. The van der Waals surface area contributed by atoms with Crippen molar-refractivity contribution in [1.82, 2.24) is 9.80 Å². The molecule has 0 bridgehead atoms. The lowest BCUT2D eigenvalue weighted by Gasteiger charge is -2.49. The standard InChI is InChI=1S/C23H28FN3O2/c1-17-7-8-19(13-22(17)24)25-23(28)26-15-21(16-26)27(20-9-11-29-12-10-20)14-18-5-3-2-4-6-18/h2-8,13,20-21H,9-12,14-16H2,1H3,(H,25,28). The highest BCUT2D eigenvalue weighted by Crippen LogP contribution is 2.26. The SMILES string of the molecule is Cc1ccc(NC(=O)N2CC(N(Cc3ccccc3)C3CCOCC3)C2)cc1F. The second-order valence-corrected chi connectivity index (χ2v) is 7.95. The maximum Gasteiger partial charge on any atom is 0.321 e. The van der Waals surface area contributed by atoms with Crippen LogP contribution < -0.4 is 5.32 Å². The zero-order valence-electron chi connectivity index (χ0n) is 16.8. The Morgan fingerprint density at radius 3 is 2.55 bits per heavy atom. The molecular weight excluding hydrogens is 369 g/mol. The lowest BCUT2D eigenvalue weighted by molar-refractivity contribution is -0.0223. The Balaban J connectivity index is 1.37. The van der Waals surface area contributed by atoms with E-state index < -0.39 is 0 Å². The number of hydrogen-bond acceptors (Lipinski definition) is 3. The van der Waals surface area contributed by atoms with Gasteiger partial charge in [0.1, 0.15) is 5.82 Å². The minimum absolute atomic E-state index is 0.170. The van der Waals surface area contributed by atoms with E-state index in [0.717, 1.165) is 32.6 Å². The number of likely N-dealkylation sites (tertiary alicyclic amines) is 1. The van der Waals surface area contributed by atoms with Crippen LogP contribution in [0, 0.1) is 12.7 Å². The average Bonchev–Trinajstić information content (AvgIpc) is 2.70. The molecule has 4 rings (SSSR count). The molecule has 2 saturated heterocycles. The molecule has 5 nitrogen and oxygen atoms in total. The zero-order chi connectivity index (χ0) is 20.2. The monoisotopic (exact) mass is 397 g/mol. The normalized spacial score (nSPS) is 18.0. The van der Waals surface area contributed by atoms with Crippen molar-refractivity contribution in [2.75, 3.05) is 31.6 Å². The second kappa shape index (κ2) is 8.93. The summed E-state index contributed by atoms with van der Waals surface area (Å²) in [4.78, 5) is 16.9. The maximum atomic E-state index is 13.7. The molecule has 2 aromatic rings. The molecule has 0 saturated carbocycles. The lowest BCUT2D eigenvalue weighted by atomic mass is 9.99. The molecule has 2 aliphatic rings. The summed E-state index contributed by atoms with van der Waals surface area (Å²) in [5.74, 6) is -0.308. The Bertz CT molecular complexity index is 833. The molecular formula is C23H28FN3O2. The first-order valence-corrected chi connectivity index (χ1v) is 10.3. The van der Waals surface area contributed by atoms with E-state index in [-0.39, 0.29) is 11.8 Å². The van der Waals surface area contributed by atoms with Gasteiger partial charge in [0, 0.05) is 50.6 Å². The third kappa shape index (κ3) is 4.77. The molecule has 0 radical (unpaired) electrons. The summed E-state index contributed by atoms with van der Waals surface area (Å²) in [5, 5.41) is 2.81. The number of carbonyl (C=O) groups is 1. The number of nitrogens with one attached hydrogen (secondary N) is 1. The number of nitrogens with zero attached hydrogens (tertiary/aromatic N) is 2. The summed E-state index contributed by atoms with van der Waals surface area (Å²) >= 11 is 0. The molecule has 2 fully saturated rings. The Morgan fingerprint density at radius 2 is 1.86 bits per heavy atom. The smallest absolute Gasteiger partial charge is 0.321 e. The fraction of sp³-hybridized carbons (Fsp3) is 0.435. The molecule has 2 heterocycles. The van der Waals surface area contributed by atoms with Gasteiger partial charge >= 0.3 is 6.03 Å². The molecule has 1 N–H and O–H groups in total. The number of ether oxygens (including phenoxy) is 1. The van der Waals surface area contributed by atoms with Crippen molar-refractivity contribution in [2.24, 2.45) is 0 Å². The number of halogens is 1. The largest absolute Gasteiger partial charge is 0.381 e. The van der Waals surface area contributed by atoms with Crippen LogP contribution in [0.15, 0.2) is 48.5 Å². The molecule has 0 aliphatic carbocycles. The zero-order valence-corrected chi connectivity index (χ0v) is 16.8. The van der Waals surface area contributed by atoms with Crippen LogP contribution >= 0.6 is 0 Å². The number of amides is 2. The van der Waals surface area contributed by atoms with Gasteiger partial charge in [-0.15, -0.1) is 0 Å². The van der Waals surface area contributed by atoms with E-state index in [0.29, 0.717) is 36.4 Å². The topological polar surface area (TPSA) is 44.8 Å². The summed E-state index contributed by atoms with van der Waals surface area (Å²) < 4.78 is 19.3. The molecule has 0 unspecified atom stereocenters. The van der Waals surface area contributed by atoms with Crippen LogP contribution in [0.3, 0.4) is 0 Å². The number of anilines is 1. The Morgan fingerprint density at radius 1 is 1.14 bits per heavy atom. The van der Waals surface area contributed by atoms with Gasteiger partial charge in [-0.2, -0.15) is 0 Å². The first-order chi connectivity index (χ1) is 14.1. The van der Waals surface area contributed by atoms with Crippen molar-refractivity contribution in [3.05, 3.63) is 65.5 Å². The number of rotatable bonds is 5. The summed E-state index contributed by atoms with van der Waals surface area (Å²) in [6, 6.07) is 15.9. The van der Waals surface area contributed by atoms with E-state index in [1.54, 1.807) is 24.0 Å². The van der Waals surface area contributed by atoms with E-state index in [4.69, 9.17) is 4.74 Å². The number of hydrogen-bond donors (Lipinski definition) is 1. The van der Waals surface area contributed by atoms with Crippen LogP contribution in [0.5, 0.6) is 0 Å². The Kier molecular flexibility index (Phi) is 6.11. The van der Waals surface area contributed by atoms with E-state index in [9.17, 15) is 9.18 Å². The van der Waals surface area contributed by atoms with Gasteiger partial charge in [-0.1, -0.05) is 36.4 Å². The fourth-order valence-electron chi connectivity index (χ4n) is 4.07. The number of benzene rings is 2. The Hall–Kier alpha value is -2.44. The van der Waals surface area contributed by atoms with Gasteiger partial charge in [0.05, 0.1) is 0 Å². The third-order valence-corrected chi connectivity index (χ3v) is 5.91. The van der Waals surface area contributed by atoms with Crippen molar-refractivity contribution >= 4 is 11.7 Å². The van der Waals surface area contributed by atoms with Crippen molar-refractivity contribution in [1.29, 1.82) is 0 Å². The predicted octanol–water partition coefficient (Wildman–Crippen LogP) is 4.03. The van der Waals surface area contributed by atoms with Crippen LogP contribution in [-0.4, -0.2) is 54.2 Å². The predicted molar refractivity (Wildman–Crippen MR) is 111 cm³/mol. The summed E-state index contributed by atoms with van der Waals surface area (Å²) in [7, 11) is 0. The molecule has 2 aromatic carbocycles.